The number of nitrogens with zero attached hydrogens (tertiary/aromatic N) is 10. The third-order valence-corrected chi connectivity index (χ3v) is 20.0. The highest BCUT2D eigenvalue weighted by atomic mass is 19.1. The lowest BCUT2D eigenvalue weighted by Crippen LogP contribution is -2.37. The number of benzene rings is 5. The number of aromatic nitrogens is 10. The molecule has 0 saturated heterocycles. The Balaban J connectivity index is 0.000000236. The summed E-state index contributed by atoms with van der Waals surface area (Å²) in [4.78, 5) is 147. The second kappa shape index (κ2) is 42.9. The normalized spacial score (nSPS) is 11.9. The Kier molecular flexibility index (Phi) is 34.2. The second-order valence-corrected chi connectivity index (χ2v) is 30.8. The molecule has 10 rings (SSSR count). The molecule has 0 aliphatic carbocycles. The van der Waals surface area contributed by atoms with Crippen LogP contribution in [0.4, 0.5) is 4.39 Å². The van der Waals surface area contributed by atoms with Crippen molar-refractivity contribution in [3.05, 3.63) is 335 Å². The SMILES string of the molecule is CCOC(c1cc(C)cc(C#N)c1)c1c(C(C)C)c(=O)[nH]c(=O)n1CC.CCn1c(C(=O)c2cc(C)cc(C#N)c2)c(C(C)C)c(=O)[nH]c1=O.CCn1c(C(F)c2cc(C)cc(C#N)c2)c(C(C)C)c(=O)[nH]c1=O.CCn1c(C(O)c2cc(C)cc(C#N)c2)c(C(C)C)c(=O)[nH]c1=O.CCn1c(C(O)c2cc(C)cc(C#N)c2)c(C(C)C)c(=O)[nH]c1=O. The van der Waals surface area contributed by atoms with Crippen LogP contribution < -0.4 is 56.2 Å². The van der Waals surface area contributed by atoms with E-state index in [0.717, 1.165) is 33.4 Å². The van der Waals surface area contributed by atoms with Crippen LogP contribution in [-0.4, -0.2) is 70.4 Å². The number of H-pyrrole nitrogens is 5. The van der Waals surface area contributed by atoms with Gasteiger partial charge in [0.05, 0.1) is 80.9 Å². The summed E-state index contributed by atoms with van der Waals surface area (Å²) in [5.41, 5.74) is 6.31. The van der Waals surface area contributed by atoms with Gasteiger partial charge in [0.2, 0.25) is 5.78 Å². The van der Waals surface area contributed by atoms with Crippen molar-refractivity contribution in [3.63, 3.8) is 0 Å². The number of hydrogen-bond donors (Lipinski definition) is 7. The average Bonchev–Trinajstić information content (AvgIpc) is 0.802. The molecule has 5 aromatic carbocycles. The van der Waals surface area contributed by atoms with Crippen LogP contribution in [0.1, 0.15) is 309 Å². The molecule has 29 nitrogen and oxygen atoms in total. The maximum Gasteiger partial charge on any atom is 0.328 e. The summed E-state index contributed by atoms with van der Waals surface area (Å²) in [5.74, 6) is -1.33. The number of nitrogens with one attached hydrogen (secondary N) is 5. The molecule has 0 bridgehead atoms. The average molecular weight is 1660 g/mol. The smallest absolute Gasteiger partial charge is 0.328 e. The summed E-state index contributed by atoms with van der Waals surface area (Å²) in [6.07, 6.45) is -4.59. The van der Waals surface area contributed by atoms with E-state index in [9.17, 15) is 68.2 Å². The Hall–Kier alpha value is -13.6. The van der Waals surface area contributed by atoms with Gasteiger partial charge in [-0.05, 0) is 223 Å². The number of aliphatic hydroxyl groups excluding tert-OH is 2. The van der Waals surface area contributed by atoms with Gasteiger partial charge in [0.25, 0.3) is 27.8 Å². The zero-order valence-corrected chi connectivity index (χ0v) is 72.7. The Morgan fingerprint density at radius 2 is 0.607 bits per heavy atom. The summed E-state index contributed by atoms with van der Waals surface area (Å²) in [7, 11) is 0. The zero-order chi connectivity index (χ0) is 91.5. The van der Waals surface area contributed by atoms with Gasteiger partial charge in [-0.1, -0.05) is 93.5 Å². The van der Waals surface area contributed by atoms with Crippen molar-refractivity contribution < 1.29 is 24.1 Å². The fourth-order valence-corrected chi connectivity index (χ4v) is 14.9. The molecule has 4 atom stereocenters. The number of hydrogen-bond acceptors (Lipinski definition) is 19. The molecule has 0 amide bonds. The van der Waals surface area contributed by atoms with Crippen LogP contribution in [0.25, 0.3) is 0 Å². The van der Waals surface area contributed by atoms with E-state index in [2.05, 4.69) is 43.1 Å². The van der Waals surface area contributed by atoms with Gasteiger partial charge in [0.1, 0.15) is 24.0 Å². The number of aliphatic hydroxyl groups is 2. The van der Waals surface area contributed by atoms with E-state index in [1.165, 1.54) is 30.4 Å². The molecule has 7 N–H and O–H groups in total. The fourth-order valence-electron chi connectivity index (χ4n) is 14.9. The van der Waals surface area contributed by atoms with Crippen molar-refractivity contribution in [2.75, 3.05) is 6.61 Å². The molecule has 640 valence electrons. The first-order chi connectivity index (χ1) is 57.5. The van der Waals surface area contributed by atoms with Crippen LogP contribution in [0.5, 0.6) is 0 Å². The van der Waals surface area contributed by atoms with Crippen molar-refractivity contribution in [2.45, 2.75) is 232 Å². The summed E-state index contributed by atoms with van der Waals surface area (Å²) < 4.78 is 28.2. The summed E-state index contributed by atoms with van der Waals surface area (Å²) in [6, 6.07) is 35.4. The molecule has 30 heteroatoms. The van der Waals surface area contributed by atoms with Crippen molar-refractivity contribution >= 4 is 5.78 Å². The predicted molar refractivity (Wildman–Crippen MR) is 463 cm³/mol. The molecule has 0 aliphatic rings. The lowest BCUT2D eigenvalue weighted by Gasteiger charge is -2.25. The van der Waals surface area contributed by atoms with Crippen LogP contribution in [0.3, 0.4) is 0 Å². The molecule has 5 heterocycles. The number of aromatic amines is 5. The van der Waals surface area contributed by atoms with Crippen LogP contribution in [0, 0.1) is 91.3 Å². The maximum absolute atomic E-state index is 15.4. The minimum Gasteiger partial charge on any atom is -0.382 e. The fraction of sp³-hybridized carbons (Fsp3) is 0.391. The van der Waals surface area contributed by atoms with Crippen LogP contribution in [0.15, 0.2) is 139 Å². The molecule has 5 aromatic heterocycles. The minimum atomic E-state index is -1.66. The Labute approximate surface area is 704 Å². The highest BCUT2D eigenvalue weighted by Gasteiger charge is 2.32. The summed E-state index contributed by atoms with van der Waals surface area (Å²) in [6.45, 7) is 40.1. The van der Waals surface area contributed by atoms with Gasteiger partial charge in [0, 0.05) is 72.7 Å². The zero-order valence-electron chi connectivity index (χ0n) is 72.7. The van der Waals surface area contributed by atoms with Crippen molar-refractivity contribution in [1.82, 2.24) is 47.8 Å². The van der Waals surface area contributed by atoms with E-state index >= 15 is 4.39 Å². The maximum atomic E-state index is 15.4. The Bertz CT molecular complexity index is 6100. The number of rotatable bonds is 22. The molecule has 4 unspecified atom stereocenters. The number of alkyl halides is 1. The lowest BCUT2D eigenvalue weighted by molar-refractivity contribution is 0.0835. The van der Waals surface area contributed by atoms with Gasteiger partial charge in [-0.25, -0.2) is 28.4 Å². The molecule has 122 heavy (non-hydrogen) atoms. The van der Waals surface area contributed by atoms with Crippen LogP contribution in [-0.2, 0) is 37.5 Å². The third-order valence-electron chi connectivity index (χ3n) is 20.0. The number of halogens is 1. The highest BCUT2D eigenvalue weighted by Crippen LogP contribution is 2.35. The van der Waals surface area contributed by atoms with Gasteiger partial charge in [-0.3, -0.25) is 76.5 Å². The van der Waals surface area contributed by atoms with E-state index < -0.39 is 81.0 Å². The van der Waals surface area contributed by atoms with Gasteiger partial charge >= 0.3 is 28.4 Å². The third kappa shape index (κ3) is 22.5. The van der Waals surface area contributed by atoms with Gasteiger partial charge in [0.15, 0.2) is 6.17 Å². The van der Waals surface area contributed by atoms with E-state index in [4.69, 9.17) is 25.8 Å². The first kappa shape index (κ1) is 97.3. The van der Waals surface area contributed by atoms with Gasteiger partial charge in [-0.2, -0.15) is 26.3 Å². The molecule has 0 fully saturated rings. The van der Waals surface area contributed by atoms with Gasteiger partial charge < -0.3 is 14.9 Å². The highest BCUT2D eigenvalue weighted by molar-refractivity contribution is 6.09. The first-order valence-electron chi connectivity index (χ1n) is 40.1. The number of ether oxygens (including phenoxy) is 1. The predicted octanol–water partition coefficient (Wildman–Crippen LogP) is 11.9. The van der Waals surface area contributed by atoms with Gasteiger partial charge in [-0.15, -0.1) is 0 Å². The van der Waals surface area contributed by atoms with Crippen LogP contribution >= 0.6 is 0 Å². The second-order valence-electron chi connectivity index (χ2n) is 30.8. The summed E-state index contributed by atoms with van der Waals surface area (Å²) in [5, 5.41) is 67.6. The standard InChI is InChI=1S/C20H25N3O3.C18H20FN3O2.2C18H21N3O3.C18H19N3O3/c1-6-23-17(16(12(3)4)19(24)22-20(23)25)18(26-7-2)15-9-13(5)8-14(10-15)11-21;1-5-22-16(14(10(2)3)17(23)21-18(22)24)15(19)13-7-11(4)6-12(8-13)9-20;3*1-5-21-15(14(10(2)3)17(23)20-18(21)24)16(22)13-7-11(4)6-12(8-13)9-19/h8-10,12,18H,6-7H2,1-5H3,(H,22,24,25);6-8,10,15H,5H2,1-4H3,(H,21,23,24);2*6-8,10,16,22H,5H2,1-4H3,(H,20,23,24);6-8,10H,5H2,1-4H3,(H,20,23,24). The molecular formula is C92H106FN15O14. The largest absolute Gasteiger partial charge is 0.382 e. The Morgan fingerprint density at radius 3 is 0.926 bits per heavy atom. The molecule has 0 saturated carbocycles. The molecule has 0 spiro atoms. The van der Waals surface area contributed by atoms with Crippen molar-refractivity contribution in [3.8, 4) is 30.3 Å². The molecule has 0 radical (unpaired) electrons. The van der Waals surface area contributed by atoms with Crippen molar-refractivity contribution in [2.24, 2.45) is 0 Å². The number of nitriles is 5. The van der Waals surface area contributed by atoms with Crippen molar-refractivity contribution in [1.29, 1.82) is 26.3 Å². The Morgan fingerprint density at radius 1 is 0.352 bits per heavy atom. The number of aryl methyl sites for hydroxylation is 5. The van der Waals surface area contributed by atoms with E-state index in [1.54, 1.807) is 147 Å². The molecule has 10 aromatic rings. The topological polar surface area (TPSA) is 460 Å². The van der Waals surface area contributed by atoms with Crippen LogP contribution in [0.2, 0.25) is 0 Å². The molecular weight excluding hydrogens is 1560 g/mol. The summed E-state index contributed by atoms with van der Waals surface area (Å²) >= 11 is 0. The number of carbonyl (C=O) groups excluding carboxylic acids is 1. The van der Waals surface area contributed by atoms with E-state index in [-0.39, 0.29) is 87.7 Å². The minimum absolute atomic E-state index is 0.0655. The number of carbonyl (C=O) groups is 1. The van der Waals surface area contributed by atoms with E-state index in [0.29, 0.717) is 93.1 Å². The molecule has 0 aliphatic heterocycles. The monoisotopic (exact) mass is 1660 g/mol. The quantitative estimate of drug-likeness (QED) is 0.0310. The first-order valence-corrected chi connectivity index (χ1v) is 40.1. The van der Waals surface area contributed by atoms with E-state index in [1.807, 2.05) is 94.4 Å². The lowest BCUT2D eigenvalue weighted by atomic mass is 9.94. The number of ketones is 1.